The number of aromatic nitrogens is 5. The Labute approximate surface area is 238 Å². The van der Waals surface area contributed by atoms with E-state index in [9.17, 15) is 4.39 Å². The van der Waals surface area contributed by atoms with Gasteiger partial charge in [-0.1, -0.05) is 18.2 Å². The van der Waals surface area contributed by atoms with Crippen molar-refractivity contribution in [2.24, 2.45) is 0 Å². The van der Waals surface area contributed by atoms with Crippen molar-refractivity contribution in [3.05, 3.63) is 60.3 Å². The Bertz CT molecular complexity index is 1690. The van der Waals surface area contributed by atoms with E-state index in [1.807, 2.05) is 18.2 Å². The topological polar surface area (TPSA) is 104 Å². The molecule has 0 spiro atoms. The molecule has 1 saturated heterocycles. The molecule has 2 aliphatic rings. The molecule has 2 fully saturated rings. The van der Waals surface area contributed by atoms with Gasteiger partial charge in [0, 0.05) is 55.7 Å². The molecule has 7 rings (SSSR count). The number of nitrogens with one attached hydrogen (secondary N) is 2. The van der Waals surface area contributed by atoms with Crippen LogP contribution in [0.5, 0.6) is 0 Å². The molecule has 1 aliphatic heterocycles. The molecule has 41 heavy (non-hydrogen) atoms. The van der Waals surface area contributed by atoms with Crippen LogP contribution in [0.25, 0.3) is 33.2 Å². The van der Waals surface area contributed by atoms with Crippen LogP contribution < -0.4 is 11.1 Å². The largest absolute Gasteiger partial charge is 0.383 e. The number of piperazine rings is 1. The number of likely N-dealkylation sites (N-methyl/N-ethyl adjacent to an activating group) is 1. The van der Waals surface area contributed by atoms with Crippen LogP contribution in [0.4, 0.5) is 21.8 Å². The van der Waals surface area contributed by atoms with Crippen molar-refractivity contribution in [3.8, 4) is 11.1 Å². The number of benzene rings is 2. The monoisotopic (exact) mass is 553 g/mol. The van der Waals surface area contributed by atoms with Crippen LogP contribution >= 0.6 is 0 Å². The van der Waals surface area contributed by atoms with Gasteiger partial charge in [0.25, 0.3) is 0 Å². The first kappa shape index (κ1) is 25.9. The first-order valence-corrected chi connectivity index (χ1v) is 14.5. The number of nitrogens with two attached hydrogens (primary N) is 1. The second kappa shape index (κ2) is 10.4. The van der Waals surface area contributed by atoms with E-state index in [1.165, 1.54) is 25.9 Å². The number of fused-ring (bicyclic) bond motifs is 2. The number of aromatic amines is 1. The molecule has 0 bridgehead atoms. The number of rotatable bonds is 5. The number of hydrogen-bond acceptors (Lipinski definition) is 7. The Hall–Kier alpha value is -4.02. The average Bonchev–Trinajstić information content (AvgIpc) is 3.59. The number of imidazole rings is 1. The lowest BCUT2D eigenvalue weighted by Gasteiger charge is -2.41. The number of hydrogen-bond donors (Lipinski definition) is 3. The highest BCUT2D eigenvalue weighted by Gasteiger charge is 2.30. The summed E-state index contributed by atoms with van der Waals surface area (Å²) in [7, 11) is 2.21. The van der Waals surface area contributed by atoms with Gasteiger partial charge in [0.05, 0.1) is 10.9 Å². The minimum atomic E-state index is -0.300. The second-order valence-corrected chi connectivity index (χ2v) is 11.6. The van der Waals surface area contributed by atoms with E-state index in [0.29, 0.717) is 40.4 Å². The van der Waals surface area contributed by atoms with Crippen LogP contribution in [0.3, 0.4) is 0 Å². The number of aryl methyl sites for hydroxylation is 1. The summed E-state index contributed by atoms with van der Waals surface area (Å²) in [6.07, 6.45) is 8.45. The lowest BCUT2D eigenvalue weighted by atomic mass is 9.89. The highest BCUT2D eigenvalue weighted by molar-refractivity contribution is 6.00. The summed E-state index contributed by atoms with van der Waals surface area (Å²) < 4.78 is 16.8. The van der Waals surface area contributed by atoms with Crippen molar-refractivity contribution in [1.29, 1.82) is 0 Å². The fourth-order valence-electron chi connectivity index (χ4n) is 6.57. The molecule has 1 saturated carbocycles. The number of halogens is 1. The maximum absolute atomic E-state index is 14.5. The van der Waals surface area contributed by atoms with Crippen molar-refractivity contribution in [2.75, 3.05) is 44.3 Å². The molecular formula is C31H36FN9. The van der Waals surface area contributed by atoms with E-state index in [4.69, 9.17) is 5.73 Å². The third-order valence-electron chi connectivity index (χ3n) is 9.00. The third kappa shape index (κ3) is 4.81. The molecule has 5 aromatic rings. The highest BCUT2D eigenvalue weighted by Crippen LogP contribution is 2.39. The number of nitrogens with zero attached hydrogens (tertiary/aromatic N) is 6. The zero-order valence-electron chi connectivity index (χ0n) is 23.6. The van der Waals surface area contributed by atoms with Crippen LogP contribution in [0, 0.1) is 12.7 Å². The predicted octanol–water partition coefficient (Wildman–Crippen LogP) is 5.48. The normalized spacial score (nSPS) is 20.7. The molecule has 9 nitrogen and oxygen atoms in total. The van der Waals surface area contributed by atoms with Crippen molar-refractivity contribution in [2.45, 2.75) is 44.7 Å². The molecule has 0 atom stereocenters. The fourth-order valence-corrected chi connectivity index (χ4v) is 6.57. The number of nitrogen functional groups attached to an aromatic ring is 1. The van der Waals surface area contributed by atoms with Gasteiger partial charge in [-0.3, -0.25) is 4.90 Å². The van der Waals surface area contributed by atoms with Crippen LogP contribution in [-0.2, 0) is 0 Å². The van der Waals surface area contributed by atoms with Crippen molar-refractivity contribution in [1.82, 2.24) is 34.3 Å². The van der Waals surface area contributed by atoms with Gasteiger partial charge in [-0.15, -0.1) is 0 Å². The Kier molecular flexibility index (Phi) is 6.59. The second-order valence-electron chi connectivity index (χ2n) is 11.6. The minimum Gasteiger partial charge on any atom is -0.383 e. The van der Waals surface area contributed by atoms with Gasteiger partial charge >= 0.3 is 0 Å². The Morgan fingerprint density at radius 1 is 0.951 bits per heavy atom. The summed E-state index contributed by atoms with van der Waals surface area (Å²) in [5.41, 5.74) is 11.8. The van der Waals surface area contributed by atoms with Crippen LogP contribution in [0.1, 0.15) is 37.3 Å². The smallest absolute Gasteiger partial charge is 0.205 e. The van der Waals surface area contributed by atoms with Gasteiger partial charge in [0.15, 0.2) is 5.82 Å². The molecule has 0 radical (unpaired) electrons. The molecule has 212 valence electrons. The summed E-state index contributed by atoms with van der Waals surface area (Å²) in [4.78, 5) is 21.7. The van der Waals surface area contributed by atoms with E-state index in [-0.39, 0.29) is 5.82 Å². The van der Waals surface area contributed by atoms with Crippen LogP contribution in [0.15, 0.2) is 48.9 Å². The van der Waals surface area contributed by atoms with Crippen LogP contribution in [-0.4, -0.2) is 73.6 Å². The van der Waals surface area contributed by atoms with E-state index in [1.54, 1.807) is 19.3 Å². The molecule has 4 heterocycles. The Morgan fingerprint density at radius 3 is 2.44 bits per heavy atom. The summed E-state index contributed by atoms with van der Waals surface area (Å²) >= 11 is 0. The first-order valence-electron chi connectivity index (χ1n) is 14.5. The van der Waals surface area contributed by atoms with Gasteiger partial charge in [0.2, 0.25) is 5.95 Å². The van der Waals surface area contributed by atoms with E-state index in [0.717, 1.165) is 53.8 Å². The summed E-state index contributed by atoms with van der Waals surface area (Å²) in [6, 6.07) is 12.8. The zero-order valence-corrected chi connectivity index (χ0v) is 23.6. The van der Waals surface area contributed by atoms with Crippen molar-refractivity contribution >= 4 is 39.5 Å². The van der Waals surface area contributed by atoms with Gasteiger partial charge in [0.1, 0.15) is 23.3 Å². The number of anilines is 3. The average molecular weight is 554 g/mol. The molecule has 2 aromatic carbocycles. The van der Waals surface area contributed by atoms with Gasteiger partial charge in [-0.05, 0) is 69.0 Å². The minimum absolute atomic E-state index is 0.300. The lowest BCUT2D eigenvalue weighted by molar-refractivity contribution is 0.0828. The Balaban J connectivity index is 1.12. The summed E-state index contributed by atoms with van der Waals surface area (Å²) in [6.45, 7) is 6.40. The maximum Gasteiger partial charge on any atom is 0.205 e. The van der Waals surface area contributed by atoms with E-state index < -0.39 is 0 Å². The van der Waals surface area contributed by atoms with Crippen LogP contribution in [0.2, 0.25) is 0 Å². The first-order chi connectivity index (χ1) is 19.9. The van der Waals surface area contributed by atoms with E-state index >= 15 is 0 Å². The molecule has 4 N–H and O–H groups in total. The highest BCUT2D eigenvalue weighted by atomic mass is 19.1. The fraction of sp³-hybridized carbons (Fsp3) is 0.387. The summed E-state index contributed by atoms with van der Waals surface area (Å²) in [5, 5.41) is 4.16. The van der Waals surface area contributed by atoms with Gasteiger partial charge in [-0.25, -0.2) is 19.3 Å². The Morgan fingerprint density at radius 2 is 1.68 bits per heavy atom. The molecule has 10 heteroatoms. The van der Waals surface area contributed by atoms with E-state index in [2.05, 4.69) is 65.0 Å². The van der Waals surface area contributed by atoms with Crippen molar-refractivity contribution < 1.29 is 4.39 Å². The predicted molar refractivity (Wildman–Crippen MR) is 162 cm³/mol. The van der Waals surface area contributed by atoms with Gasteiger partial charge < -0.3 is 25.5 Å². The maximum atomic E-state index is 14.5. The molecule has 3 aromatic heterocycles. The third-order valence-corrected chi connectivity index (χ3v) is 9.00. The quantitative estimate of drug-likeness (QED) is 0.265. The molecule has 1 aliphatic carbocycles. The van der Waals surface area contributed by atoms with Crippen molar-refractivity contribution in [3.63, 3.8) is 0 Å². The standard InChI is InChI=1S/C31H36FN9/c1-19-3-12-25-28(27(19)32)38-31(37-25)36-21-6-4-20(5-7-21)24-17-41(30-26(24)29(33)34-18-35-30)23-10-8-22(9-11-23)40-15-13-39(2)14-16-40/h3-7,12,17-18,22-23H,8-11,13-16H2,1-2H3,(H2,33,34,35)(H2,36,37,38)/t22-,23-. The number of H-pyrrole nitrogens is 1. The molecular weight excluding hydrogens is 517 g/mol. The molecule has 0 amide bonds. The summed E-state index contributed by atoms with van der Waals surface area (Å²) in [5.74, 6) is 0.696. The molecule has 0 unspecified atom stereocenters. The van der Waals surface area contributed by atoms with Gasteiger partial charge in [-0.2, -0.15) is 0 Å². The SMILES string of the molecule is Cc1ccc2[nH]c(Nc3ccc(-c4cn([C@H]5CC[C@H](N6CCN(C)CC6)CC5)c5ncnc(N)c45)cc3)nc2c1F. The zero-order chi connectivity index (χ0) is 28.1. The lowest BCUT2D eigenvalue weighted by Crippen LogP contribution is -2.49.